The van der Waals surface area contributed by atoms with Gasteiger partial charge in [0, 0.05) is 24.5 Å². The smallest absolute Gasteiger partial charge is 0.0782 e. The van der Waals surface area contributed by atoms with Crippen LogP contribution in [0, 0.1) is 6.92 Å². The summed E-state index contributed by atoms with van der Waals surface area (Å²) in [4.78, 5) is 8.70. The fourth-order valence-corrected chi connectivity index (χ4v) is 3.25. The molecule has 1 aromatic rings. The minimum Gasteiger partial charge on any atom is -0.306 e. The van der Waals surface area contributed by atoms with Gasteiger partial charge in [-0.3, -0.25) is 9.97 Å². The van der Waals surface area contributed by atoms with E-state index in [2.05, 4.69) is 34.0 Å². The van der Waals surface area contributed by atoms with Crippen molar-refractivity contribution in [3.63, 3.8) is 0 Å². The molecule has 16 heavy (non-hydrogen) atoms. The molecule has 3 nitrogen and oxygen atoms in total. The van der Waals surface area contributed by atoms with Gasteiger partial charge >= 0.3 is 0 Å². The molecule has 1 N–H and O–H groups in total. The van der Waals surface area contributed by atoms with Crippen molar-refractivity contribution in [1.29, 1.82) is 0 Å². The molecule has 0 bridgehead atoms. The molecule has 2 rings (SSSR count). The number of hydrogen-bond acceptors (Lipinski definition) is 4. The molecule has 1 aromatic heterocycles. The lowest BCUT2D eigenvalue weighted by Gasteiger charge is -2.26. The molecule has 4 heteroatoms. The molecule has 0 radical (unpaired) electrons. The Morgan fingerprint density at radius 3 is 2.69 bits per heavy atom. The fourth-order valence-electron chi connectivity index (χ4n) is 2.14. The van der Waals surface area contributed by atoms with Gasteiger partial charge < -0.3 is 5.32 Å². The third-order valence-electron chi connectivity index (χ3n) is 3.04. The molecule has 0 aromatic carbocycles. The maximum absolute atomic E-state index is 4.41. The lowest BCUT2D eigenvalue weighted by atomic mass is 10.1. The minimum atomic E-state index is 0.307. The molecule has 1 fully saturated rings. The molecule has 1 unspecified atom stereocenters. The predicted octanol–water partition coefficient (Wildman–Crippen LogP) is 2.33. The number of thioether (sulfide) groups is 1. The second kappa shape index (κ2) is 5.64. The van der Waals surface area contributed by atoms with Crippen LogP contribution in [0.15, 0.2) is 12.4 Å². The zero-order chi connectivity index (χ0) is 11.4. The van der Waals surface area contributed by atoms with Crippen LogP contribution in [0.1, 0.15) is 37.2 Å². The first kappa shape index (κ1) is 11.9. The first-order valence-corrected chi connectivity index (χ1v) is 7.04. The van der Waals surface area contributed by atoms with E-state index in [1.165, 1.54) is 24.3 Å². The van der Waals surface area contributed by atoms with Gasteiger partial charge in [0.15, 0.2) is 0 Å². The number of aromatic nitrogens is 2. The Bertz CT molecular complexity index is 337. The van der Waals surface area contributed by atoms with Crippen molar-refractivity contribution in [3.8, 4) is 0 Å². The molecule has 0 saturated carbocycles. The third-order valence-corrected chi connectivity index (χ3v) is 4.09. The lowest BCUT2D eigenvalue weighted by Crippen LogP contribution is -2.35. The van der Waals surface area contributed by atoms with Gasteiger partial charge in [-0.2, -0.15) is 11.8 Å². The van der Waals surface area contributed by atoms with E-state index < -0.39 is 0 Å². The van der Waals surface area contributed by atoms with Gasteiger partial charge in [-0.25, -0.2) is 0 Å². The van der Waals surface area contributed by atoms with Gasteiger partial charge in [-0.1, -0.05) is 0 Å². The first-order valence-electron chi connectivity index (χ1n) is 5.88. The summed E-state index contributed by atoms with van der Waals surface area (Å²) in [6.45, 7) is 4.20. The monoisotopic (exact) mass is 237 g/mol. The van der Waals surface area contributed by atoms with Gasteiger partial charge in [-0.05, 0) is 38.2 Å². The van der Waals surface area contributed by atoms with Crippen molar-refractivity contribution in [3.05, 3.63) is 23.8 Å². The van der Waals surface area contributed by atoms with Crippen LogP contribution in [0.3, 0.4) is 0 Å². The summed E-state index contributed by atoms with van der Waals surface area (Å²) in [7, 11) is 0. The highest BCUT2D eigenvalue weighted by molar-refractivity contribution is 7.99. The van der Waals surface area contributed by atoms with E-state index in [4.69, 9.17) is 0 Å². The zero-order valence-corrected chi connectivity index (χ0v) is 10.8. The standard InChI is InChI=1S/C12H19N3S/c1-9-12(14-6-5-13-9)10(2)15-11-3-7-16-8-4-11/h5-6,10-11,15H,3-4,7-8H2,1-2H3. The largest absolute Gasteiger partial charge is 0.306 e. The van der Waals surface area contributed by atoms with Crippen LogP contribution in [0.2, 0.25) is 0 Å². The Hall–Kier alpha value is -0.610. The average Bonchev–Trinajstić information content (AvgIpc) is 2.31. The molecular weight excluding hydrogens is 218 g/mol. The van der Waals surface area contributed by atoms with Gasteiger partial charge in [0.05, 0.1) is 11.4 Å². The topological polar surface area (TPSA) is 37.8 Å². The van der Waals surface area contributed by atoms with Crippen LogP contribution in [0.4, 0.5) is 0 Å². The van der Waals surface area contributed by atoms with E-state index in [0.29, 0.717) is 12.1 Å². The van der Waals surface area contributed by atoms with Crippen LogP contribution in [-0.2, 0) is 0 Å². The second-order valence-corrected chi connectivity index (χ2v) is 5.53. The highest BCUT2D eigenvalue weighted by Crippen LogP contribution is 2.20. The maximum atomic E-state index is 4.41. The van der Waals surface area contributed by atoms with Crippen molar-refractivity contribution >= 4 is 11.8 Å². The number of hydrogen-bond donors (Lipinski definition) is 1. The molecule has 0 amide bonds. The predicted molar refractivity (Wildman–Crippen MR) is 68.7 cm³/mol. The van der Waals surface area contributed by atoms with Gasteiger partial charge in [0.1, 0.15) is 0 Å². The van der Waals surface area contributed by atoms with E-state index in [0.717, 1.165) is 11.4 Å². The first-order chi connectivity index (χ1) is 7.77. The Balaban J connectivity index is 1.96. The number of aryl methyl sites for hydroxylation is 1. The van der Waals surface area contributed by atoms with Crippen LogP contribution < -0.4 is 5.32 Å². The zero-order valence-electron chi connectivity index (χ0n) is 9.94. The summed E-state index contributed by atoms with van der Waals surface area (Å²) in [6.07, 6.45) is 6.07. The second-order valence-electron chi connectivity index (χ2n) is 4.30. The van der Waals surface area contributed by atoms with E-state index in [1.807, 2.05) is 6.92 Å². The van der Waals surface area contributed by atoms with E-state index >= 15 is 0 Å². The van der Waals surface area contributed by atoms with Gasteiger partial charge in [-0.15, -0.1) is 0 Å². The summed E-state index contributed by atoms with van der Waals surface area (Å²) >= 11 is 2.06. The van der Waals surface area contributed by atoms with Crippen molar-refractivity contribution in [2.45, 2.75) is 38.8 Å². The van der Waals surface area contributed by atoms with E-state index in [9.17, 15) is 0 Å². The number of nitrogens with zero attached hydrogens (tertiary/aromatic N) is 2. The average molecular weight is 237 g/mol. The highest BCUT2D eigenvalue weighted by Gasteiger charge is 2.18. The van der Waals surface area contributed by atoms with Crippen molar-refractivity contribution in [1.82, 2.24) is 15.3 Å². The Kier molecular flexibility index (Phi) is 4.18. The van der Waals surface area contributed by atoms with Crippen molar-refractivity contribution in [2.75, 3.05) is 11.5 Å². The van der Waals surface area contributed by atoms with E-state index in [-0.39, 0.29) is 0 Å². The van der Waals surface area contributed by atoms with E-state index in [1.54, 1.807) is 12.4 Å². The summed E-state index contributed by atoms with van der Waals surface area (Å²) < 4.78 is 0. The minimum absolute atomic E-state index is 0.307. The fraction of sp³-hybridized carbons (Fsp3) is 0.667. The third kappa shape index (κ3) is 2.95. The molecule has 1 saturated heterocycles. The normalized spacial score (nSPS) is 19.6. The molecule has 1 aliphatic rings. The summed E-state index contributed by atoms with van der Waals surface area (Å²) in [6, 6.07) is 0.958. The van der Waals surface area contributed by atoms with Crippen LogP contribution in [0.25, 0.3) is 0 Å². The van der Waals surface area contributed by atoms with Crippen molar-refractivity contribution < 1.29 is 0 Å². The number of rotatable bonds is 3. The molecule has 0 aliphatic carbocycles. The summed E-state index contributed by atoms with van der Waals surface area (Å²) in [5.74, 6) is 2.56. The quantitative estimate of drug-likeness (QED) is 0.875. The maximum Gasteiger partial charge on any atom is 0.0782 e. The molecule has 1 atom stereocenters. The summed E-state index contributed by atoms with van der Waals surface area (Å²) in [5.41, 5.74) is 2.12. The Labute approximate surface area is 101 Å². The molecule has 88 valence electrons. The van der Waals surface area contributed by atoms with Crippen LogP contribution in [-0.4, -0.2) is 27.5 Å². The SMILES string of the molecule is Cc1nccnc1C(C)NC1CCSCC1. The molecule has 0 spiro atoms. The molecular formula is C12H19N3S. The number of nitrogens with one attached hydrogen (secondary N) is 1. The van der Waals surface area contributed by atoms with Crippen LogP contribution in [0.5, 0.6) is 0 Å². The van der Waals surface area contributed by atoms with Gasteiger partial charge in [0.25, 0.3) is 0 Å². The molecule has 2 heterocycles. The lowest BCUT2D eigenvalue weighted by molar-refractivity contribution is 0.424. The Morgan fingerprint density at radius 2 is 2.00 bits per heavy atom. The Morgan fingerprint density at radius 1 is 1.31 bits per heavy atom. The van der Waals surface area contributed by atoms with Gasteiger partial charge in [0.2, 0.25) is 0 Å². The molecule has 1 aliphatic heterocycles. The summed E-state index contributed by atoms with van der Waals surface area (Å²) in [5, 5.41) is 3.66. The van der Waals surface area contributed by atoms with Crippen molar-refractivity contribution in [2.24, 2.45) is 0 Å². The van der Waals surface area contributed by atoms with Crippen LogP contribution >= 0.6 is 11.8 Å². The highest BCUT2D eigenvalue weighted by atomic mass is 32.2.